The molecule has 0 spiro atoms. The van der Waals surface area contributed by atoms with Crippen LogP contribution in [0.15, 0.2) is 22.7 Å². The van der Waals surface area contributed by atoms with Crippen molar-refractivity contribution in [1.82, 2.24) is 15.1 Å². The normalized spacial score (nSPS) is 19.0. The summed E-state index contributed by atoms with van der Waals surface area (Å²) in [5, 5.41) is 9.96. The van der Waals surface area contributed by atoms with Crippen molar-refractivity contribution in [3.8, 4) is 10.6 Å². The van der Waals surface area contributed by atoms with Crippen molar-refractivity contribution in [1.29, 1.82) is 0 Å². The molecule has 0 N–H and O–H groups in total. The van der Waals surface area contributed by atoms with Crippen molar-refractivity contribution in [2.24, 2.45) is 0 Å². The van der Waals surface area contributed by atoms with Crippen LogP contribution in [-0.2, 0) is 0 Å². The van der Waals surface area contributed by atoms with Crippen LogP contribution in [0.25, 0.3) is 10.6 Å². The van der Waals surface area contributed by atoms with Gasteiger partial charge in [-0.3, -0.25) is 0 Å². The predicted molar refractivity (Wildman–Crippen MR) is 91.9 cm³/mol. The van der Waals surface area contributed by atoms with Gasteiger partial charge >= 0.3 is 0 Å². The number of aromatic nitrogens is 2. The maximum Gasteiger partial charge on any atom is 0.208 e. The number of rotatable bonds is 3. The zero-order valence-corrected chi connectivity index (χ0v) is 15.0. The van der Waals surface area contributed by atoms with Gasteiger partial charge in [0, 0.05) is 29.2 Å². The monoisotopic (exact) mass is 384 g/mol. The molecule has 1 atom stereocenters. The molecule has 1 aliphatic heterocycles. The lowest BCUT2D eigenvalue weighted by Gasteiger charge is -2.35. The van der Waals surface area contributed by atoms with Gasteiger partial charge in [-0.15, -0.1) is 10.2 Å². The van der Waals surface area contributed by atoms with Gasteiger partial charge in [-0.05, 0) is 45.1 Å². The summed E-state index contributed by atoms with van der Waals surface area (Å²) in [5.41, 5.74) is 0.499. The molecule has 1 unspecified atom stereocenters. The molecule has 0 bridgehead atoms. The van der Waals surface area contributed by atoms with Crippen LogP contribution in [0, 0.1) is 5.82 Å². The Hall–Kier alpha value is -1.05. The molecule has 118 valence electrons. The van der Waals surface area contributed by atoms with E-state index in [1.54, 1.807) is 12.1 Å². The predicted octanol–water partition coefficient (Wildman–Crippen LogP) is 3.64. The van der Waals surface area contributed by atoms with E-state index >= 15 is 0 Å². The maximum atomic E-state index is 14.0. The quantitative estimate of drug-likeness (QED) is 0.808. The fourth-order valence-corrected chi connectivity index (χ4v) is 3.92. The lowest BCUT2D eigenvalue weighted by atomic mass is 10.1. The van der Waals surface area contributed by atoms with Gasteiger partial charge in [-0.1, -0.05) is 27.3 Å². The van der Waals surface area contributed by atoms with E-state index in [-0.39, 0.29) is 5.82 Å². The van der Waals surface area contributed by atoms with Gasteiger partial charge in [0.15, 0.2) is 5.01 Å². The highest BCUT2D eigenvalue weighted by atomic mass is 79.9. The number of anilines is 1. The molecule has 4 nitrogen and oxygen atoms in total. The second kappa shape index (κ2) is 6.60. The smallest absolute Gasteiger partial charge is 0.208 e. The van der Waals surface area contributed by atoms with Gasteiger partial charge in [0.25, 0.3) is 0 Å². The molecule has 7 heteroatoms. The topological polar surface area (TPSA) is 32.3 Å². The highest BCUT2D eigenvalue weighted by molar-refractivity contribution is 9.10. The van der Waals surface area contributed by atoms with Crippen LogP contribution in [0.3, 0.4) is 0 Å². The third kappa shape index (κ3) is 3.31. The molecule has 1 aromatic heterocycles. The first-order valence-corrected chi connectivity index (χ1v) is 8.86. The summed E-state index contributed by atoms with van der Waals surface area (Å²) in [6.45, 7) is 1.93. The van der Waals surface area contributed by atoms with Crippen LogP contribution < -0.4 is 4.90 Å². The summed E-state index contributed by atoms with van der Waals surface area (Å²) in [7, 11) is 4.22. The molecule has 0 saturated carbocycles. The van der Waals surface area contributed by atoms with E-state index in [1.807, 2.05) is 0 Å². The Balaban J connectivity index is 1.83. The number of nitrogens with zero attached hydrogens (tertiary/aromatic N) is 4. The molecule has 1 saturated heterocycles. The minimum Gasteiger partial charge on any atom is -0.345 e. The number of benzene rings is 1. The van der Waals surface area contributed by atoms with Crippen LogP contribution >= 0.6 is 27.3 Å². The van der Waals surface area contributed by atoms with Crippen molar-refractivity contribution < 1.29 is 4.39 Å². The van der Waals surface area contributed by atoms with Gasteiger partial charge in [0.1, 0.15) is 5.82 Å². The van der Waals surface area contributed by atoms with Crippen LogP contribution in [0.4, 0.5) is 9.52 Å². The fraction of sp³-hybridized carbons (Fsp3) is 0.467. The standard InChI is InChI=1S/C15H18BrFN4S/c1-20(2)11-4-3-7-21(9-11)15-19-18-14(22-15)12-8-10(16)5-6-13(12)17/h5-6,8,11H,3-4,7,9H2,1-2H3. The van der Waals surface area contributed by atoms with Crippen molar-refractivity contribution >= 4 is 32.4 Å². The second-order valence-electron chi connectivity index (χ2n) is 5.72. The molecule has 0 aliphatic carbocycles. The Morgan fingerprint density at radius 2 is 2.18 bits per heavy atom. The first-order chi connectivity index (χ1) is 10.5. The highest BCUT2D eigenvalue weighted by Gasteiger charge is 2.24. The summed E-state index contributed by atoms with van der Waals surface area (Å²) < 4.78 is 14.8. The zero-order chi connectivity index (χ0) is 15.7. The van der Waals surface area contributed by atoms with E-state index in [1.165, 1.54) is 23.8 Å². The molecule has 2 heterocycles. The van der Waals surface area contributed by atoms with Crippen molar-refractivity contribution in [3.63, 3.8) is 0 Å². The Morgan fingerprint density at radius 3 is 2.95 bits per heavy atom. The Morgan fingerprint density at radius 1 is 1.36 bits per heavy atom. The molecule has 0 radical (unpaired) electrons. The SMILES string of the molecule is CN(C)C1CCCN(c2nnc(-c3cc(Br)ccc3F)s2)C1. The zero-order valence-electron chi connectivity index (χ0n) is 12.6. The lowest BCUT2D eigenvalue weighted by Crippen LogP contribution is -2.45. The minimum absolute atomic E-state index is 0.268. The van der Waals surface area contributed by atoms with Gasteiger partial charge in [0.2, 0.25) is 5.13 Å². The summed E-state index contributed by atoms with van der Waals surface area (Å²) >= 11 is 4.83. The summed E-state index contributed by atoms with van der Waals surface area (Å²) in [6, 6.07) is 5.42. The van der Waals surface area contributed by atoms with E-state index in [9.17, 15) is 4.39 Å². The van der Waals surface area contributed by atoms with Crippen LogP contribution in [0.5, 0.6) is 0 Å². The Labute approximate surface area is 142 Å². The average Bonchev–Trinajstić information content (AvgIpc) is 2.99. The third-order valence-corrected chi connectivity index (χ3v) is 5.48. The first kappa shape index (κ1) is 15.8. The number of halogens is 2. The van der Waals surface area contributed by atoms with Crippen LogP contribution in [-0.4, -0.2) is 48.3 Å². The van der Waals surface area contributed by atoms with Gasteiger partial charge in [-0.2, -0.15) is 0 Å². The minimum atomic E-state index is -0.268. The molecule has 1 aromatic carbocycles. The van der Waals surface area contributed by atoms with E-state index in [2.05, 4.69) is 50.0 Å². The van der Waals surface area contributed by atoms with Crippen molar-refractivity contribution in [2.45, 2.75) is 18.9 Å². The summed E-state index contributed by atoms with van der Waals surface area (Å²) in [6.07, 6.45) is 2.35. The van der Waals surface area contributed by atoms with Gasteiger partial charge < -0.3 is 9.80 Å². The molecule has 2 aromatic rings. The number of hydrogen-bond donors (Lipinski definition) is 0. The number of hydrogen-bond acceptors (Lipinski definition) is 5. The fourth-order valence-electron chi connectivity index (χ4n) is 2.66. The molecule has 1 aliphatic rings. The van der Waals surface area contributed by atoms with Crippen LogP contribution in [0.1, 0.15) is 12.8 Å². The maximum absolute atomic E-state index is 14.0. The molecular weight excluding hydrogens is 367 g/mol. The van der Waals surface area contributed by atoms with Gasteiger partial charge in [-0.25, -0.2) is 4.39 Å². The summed E-state index contributed by atoms with van der Waals surface area (Å²) in [4.78, 5) is 4.51. The Kier molecular flexibility index (Phi) is 4.75. The molecule has 22 heavy (non-hydrogen) atoms. The summed E-state index contributed by atoms with van der Waals surface area (Å²) in [5.74, 6) is -0.268. The molecular formula is C15H18BrFN4S. The highest BCUT2D eigenvalue weighted by Crippen LogP contribution is 2.33. The van der Waals surface area contributed by atoms with E-state index in [0.717, 1.165) is 29.1 Å². The average molecular weight is 385 g/mol. The molecule has 1 fully saturated rings. The van der Waals surface area contributed by atoms with Crippen molar-refractivity contribution in [2.75, 3.05) is 32.1 Å². The molecule has 3 rings (SSSR count). The largest absolute Gasteiger partial charge is 0.345 e. The number of likely N-dealkylation sites (N-methyl/N-ethyl adjacent to an activating group) is 1. The van der Waals surface area contributed by atoms with E-state index in [0.29, 0.717) is 16.6 Å². The second-order valence-corrected chi connectivity index (χ2v) is 7.59. The van der Waals surface area contributed by atoms with E-state index in [4.69, 9.17) is 0 Å². The van der Waals surface area contributed by atoms with Crippen molar-refractivity contribution in [3.05, 3.63) is 28.5 Å². The molecule has 0 amide bonds. The lowest BCUT2D eigenvalue weighted by molar-refractivity contribution is 0.258. The Bertz CT molecular complexity index is 661. The van der Waals surface area contributed by atoms with Gasteiger partial charge in [0.05, 0.1) is 0 Å². The third-order valence-electron chi connectivity index (χ3n) is 3.97. The van der Waals surface area contributed by atoms with Crippen LogP contribution in [0.2, 0.25) is 0 Å². The first-order valence-electron chi connectivity index (χ1n) is 7.25. The van der Waals surface area contributed by atoms with E-state index < -0.39 is 0 Å². The number of piperidine rings is 1.